The summed E-state index contributed by atoms with van der Waals surface area (Å²) in [5.74, 6) is -0.207. The van der Waals surface area contributed by atoms with E-state index in [1.807, 2.05) is 27.2 Å². The second kappa shape index (κ2) is 35.7. The summed E-state index contributed by atoms with van der Waals surface area (Å²) in [6.45, 7) is 4.59. The molecule has 308 valence electrons. The SMILES string of the molecule is CCCCCC/C=C/CC/C=C/C(O)C(COP(=O)([O-])OCC[N+](C)(C)C)NC(=O)CCCCCCCCCCCCCCCCCCCCCC. The summed E-state index contributed by atoms with van der Waals surface area (Å²) in [5, 5.41) is 13.7. The molecular formula is C43H85N2O6P. The minimum Gasteiger partial charge on any atom is -0.756 e. The molecule has 0 aliphatic heterocycles. The number of hydrogen-bond donors (Lipinski definition) is 2. The zero-order chi connectivity index (χ0) is 38.6. The number of allylic oxidation sites excluding steroid dienone is 3. The predicted octanol–water partition coefficient (Wildman–Crippen LogP) is 11.1. The number of nitrogens with zero attached hydrogens (tertiary/aromatic N) is 1. The topological polar surface area (TPSA) is 108 Å². The van der Waals surface area contributed by atoms with E-state index in [9.17, 15) is 19.4 Å². The van der Waals surface area contributed by atoms with Crippen LogP contribution in [0.2, 0.25) is 0 Å². The fraction of sp³-hybridized carbons (Fsp3) is 0.884. The highest BCUT2D eigenvalue weighted by Crippen LogP contribution is 2.38. The van der Waals surface area contributed by atoms with Crippen LogP contribution in [0.25, 0.3) is 0 Å². The van der Waals surface area contributed by atoms with Crippen LogP contribution in [0.1, 0.15) is 194 Å². The highest BCUT2D eigenvalue weighted by atomic mass is 31.2. The molecule has 2 N–H and O–H groups in total. The molecule has 0 aromatic carbocycles. The monoisotopic (exact) mass is 757 g/mol. The number of aliphatic hydroxyl groups is 1. The minimum absolute atomic E-state index is 0.00464. The second-order valence-corrected chi connectivity index (χ2v) is 17.5. The zero-order valence-electron chi connectivity index (χ0n) is 34.8. The van der Waals surface area contributed by atoms with Crippen molar-refractivity contribution in [1.82, 2.24) is 5.32 Å². The Kier molecular flexibility index (Phi) is 35.0. The quantitative estimate of drug-likeness (QED) is 0.0280. The Bertz CT molecular complexity index is 907. The summed E-state index contributed by atoms with van der Waals surface area (Å²) in [6, 6.07) is -0.896. The third-order valence-electron chi connectivity index (χ3n) is 9.66. The third-order valence-corrected chi connectivity index (χ3v) is 10.6. The minimum atomic E-state index is -4.58. The second-order valence-electron chi connectivity index (χ2n) is 16.0. The van der Waals surface area contributed by atoms with Crippen molar-refractivity contribution < 1.29 is 32.9 Å². The van der Waals surface area contributed by atoms with E-state index in [0.717, 1.165) is 38.5 Å². The largest absolute Gasteiger partial charge is 0.756 e. The third kappa shape index (κ3) is 37.3. The number of nitrogens with one attached hydrogen (secondary N) is 1. The summed E-state index contributed by atoms with van der Waals surface area (Å²) in [5.41, 5.74) is 0. The van der Waals surface area contributed by atoms with Gasteiger partial charge in [-0.1, -0.05) is 179 Å². The van der Waals surface area contributed by atoms with Crippen LogP contribution in [0.3, 0.4) is 0 Å². The first-order valence-electron chi connectivity index (χ1n) is 21.7. The number of carbonyl (C=O) groups is 1. The first-order chi connectivity index (χ1) is 25.0. The van der Waals surface area contributed by atoms with Gasteiger partial charge < -0.3 is 28.8 Å². The first kappa shape index (κ1) is 51.0. The van der Waals surface area contributed by atoms with Gasteiger partial charge in [0.15, 0.2) is 0 Å². The fourth-order valence-electron chi connectivity index (χ4n) is 6.17. The van der Waals surface area contributed by atoms with E-state index in [4.69, 9.17) is 9.05 Å². The van der Waals surface area contributed by atoms with Crippen molar-refractivity contribution in [3.8, 4) is 0 Å². The van der Waals surface area contributed by atoms with Gasteiger partial charge in [-0.15, -0.1) is 0 Å². The van der Waals surface area contributed by atoms with Gasteiger partial charge >= 0.3 is 0 Å². The van der Waals surface area contributed by atoms with Crippen LogP contribution in [0.4, 0.5) is 0 Å². The van der Waals surface area contributed by atoms with Crippen molar-refractivity contribution in [2.45, 2.75) is 206 Å². The maximum atomic E-state index is 12.8. The standard InChI is InChI=1S/C43H85N2O6P/c1-6-8-10-12-14-16-18-19-20-21-22-23-24-25-26-27-29-31-33-35-37-43(47)44-41(40-51-52(48,49)50-39-38-45(3,4)5)42(46)36-34-32-30-28-17-15-13-11-9-7-2/h17,28,34,36,41-42,46H,6-16,18-27,29-33,35,37-40H2,1-5H3,(H-,44,47,48,49)/b28-17+,36-34+. The van der Waals surface area contributed by atoms with Crippen LogP contribution in [0.5, 0.6) is 0 Å². The smallest absolute Gasteiger partial charge is 0.268 e. The molecule has 0 heterocycles. The molecule has 0 saturated heterocycles. The van der Waals surface area contributed by atoms with Crippen molar-refractivity contribution in [2.24, 2.45) is 0 Å². The lowest BCUT2D eigenvalue weighted by Crippen LogP contribution is -2.45. The lowest BCUT2D eigenvalue weighted by molar-refractivity contribution is -0.870. The molecule has 3 unspecified atom stereocenters. The molecule has 0 aliphatic carbocycles. The lowest BCUT2D eigenvalue weighted by atomic mass is 10.0. The van der Waals surface area contributed by atoms with Crippen molar-refractivity contribution in [2.75, 3.05) is 40.9 Å². The Hall–Kier alpha value is -1.02. The number of phosphoric acid groups is 1. The average molecular weight is 757 g/mol. The maximum Gasteiger partial charge on any atom is 0.268 e. The molecule has 0 bridgehead atoms. The van der Waals surface area contributed by atoms with Crippen molar-refractivity contribution in [3.05, 3.63) is 24.3 Å². The summed E-state index contributed by atoms with van der Waals surface area (Å²) in [6.07, 6.45) is 40.9. The number of rotatable bonds is 39. The summed E-state index contributed by atoms with van der Waals surface area (Å²) in [7, 11) is 1.25. The average Bonchev–Trinajstić information content (AvgIpc) is 3.09. The van der Waals surface area contributed by atoms with Crippen LogP contribution in [0.15, 0.2) is 24.3 Å². The Morgan fingerprint density at radius 2 is 1.08 bits per heavy atom. The number of carbonyl (C=O) groups excluding carboxylic acids is 1. The Labute approximate surface area is 322 Å². The number of aliphatic hydroxyl groups excluding tert-OH is 1. The van der Waals surface area contributed by atoms with Crippen LogP contribution >= 0.6 is 7.82 Å². The molecule has 0 radical (unpaired) electrons. The highest BCUT2D eigenvalue weighted by molar-refractivity contribution is 7.45. The highest BCUT2D eigenvalue weighted by Gasteiger charge is 2.23. The summed E-state index contributed by atoms with van der Waals surface area (Å²) < 4.78 is 23.1. The van der Waals surface area contributed by atoms with E-state index < -0.39 is 20.0 Å². The molecule has 0 aliphatic rings. The maximum absolute atomic E-state index is 12.8. The van der Waals surface area contributed by atoms with Gasteiger partial charge in [0.25, 0.3) is 7.82 Å². The van der Waals surface area contributed by atoms with Crippen molar-refractivity contribution in [3.63, 3.8) is 0 Å². The molecule has 9 heteroatoms. The Balaban J connectivity index is 4.30. The number of amides is 1. The van der Waals surface area contributed by atoms with Gasteiger partial charge in [0.1, 0.15) is 13.2 Å². The number of quaternary nitrogens is 1. The zero-order valence-corrected chi connectivity index (χ0v) is 35.7. The number of phosphoric ester groups is 1. The molecule has 0 rings (SSSR count). The van der Waals surface area contributed by atoms with Gasteiger partial charge in [-0.2, -0.15) is 0 Å². The first-order valence-corrected chi connectivity index (χ1v) is 23.2. The number of unbranched alkanes of at least 4 members (excludes halogenated alkanes) is 24. The molecule has 0 spiro atoms. The van der Waals surface area contributed by atoms with E-state index in [-0.39, 0.29) is 19.1 Å². The number of hydrogen-bond acceptors (Lipinski definition) is 6. The normalized spacial score (nSPS) is 14.7. The van der Waals surface area contributed by atoms with E-state index in [1.54, 1.807) is 6.08 Å². The van der Waals surface area contributed by atoms with E-state index in [1.165, 1.54) is 135 Å². The molecular weight excluding hydrogens is 671 g/mol. The lowest BCUT2D eigenvalue weighted by Gasteiger charge is -2.29. The van der Waals surface area contributed by atoms with Crippen molar-refractivity contribution >= 4 is 13.7 Å². The van der Waals surface area contributed by atoms with Gasteiger partial charge in [-0.25, -0.2) is 0 Å². The van der Waals surface area contributed by atoms with Crippen LogP contribution < -0.4 is 10.2 Å². The molecule has 1 amide bonds. The van der Waals surface area contributed by atoms with Crippen molar-refractivity contribution in [1.29, 1.82) is 0 Å². The van der Waals surface area contributed by atoms with Gasteiger partial charge in [0, 0.05) is 6.42 Å². The van der Waals surface area contributed by atoms with Gasteiger partial charge in [-0.3, -0.25) is 9.36 Å². The Morgan fingerprint density at radius 3 is 1.56 bits per heavy atom. The van der Waals surface area contributed by atoms with E-state index in [0.29, 0.717) is 17.4 Å². The fourth-order valence-corrected chi connectivity index (χ4v) is 6.89. The van der Waals surface area contributed by atoms with Gasteiger partial charge in [0.2, 0.25) is 5.91 Å². The molecule has 0 aromatic rings. The van der Waals surface area contributed by atoms with Crippen LogP contribution in [-0.4, -0.2) is 68.5 Å². The van der Waals surface area contributed by atoms with E-state index in [2.05, 4.69) is 31.3 Å². The molecule has 8 nitrogen and oxygen atoms in total. The van der Waals surface area contributed by atoms with E-state index >= 15 is 0 Å². The van der Waals surface area contributed by atoms with Gasteiger partial charge in [-0.05, 0) is 32.1 Å². The molecule has 0 saturated carbocycles. The number of likely N-dealkylation sites (N-methyl/N-ethyl adjacent to an activating group) is 1. The van der Waals surface area contributed by atoms with Crippen LogP contribution in [0, 0.1) is 0 Å². The molecule has 52 heavy (non-hydrogen) atoms. The molecule has 3 atom stereocenters. The van der Waals surface area contributed by atoms with Crippen LogP contribution in [-0.2, 0) is 18.4 Å². The van der Waals surface area contributed by atoms with Gasteiger partial charge in [0.05, 0.1) is 39.9 Å². The molecule has 0 aromatic heterocycles. The molecule has 0 fully saturated rings. The summed E-state index contributed by atoms with van der Waals surface area (Å²) in [4.78, 5) is 25.2. The Morgan fingerprint density at radius 1 is 0.654 bits per heavy atom. The predicted molar refractivity (Wildman–Crippen MR) is 219 cm³/mol. The summed E-state index contributed by atoms with van der Waals surface area (Å²) >= 11 is 0.